The van der Waals surface area contributed by atoms with Gasteiger partial charge in [0.1, 0.15) is 0 Å². The molecule has 2 N–H and O–H groups in total. The van der Waals surface area contributed by atoms with E-state index in [0.717, 1.165) is 16.7 Å². The van der Waals surface area contributed by atoms with Crippen molar-refractivity contribution in [1.82, 2.24) is 4.98 Å². The lowest BCUT2D eigenvalue weighted by Crippen LogP contribution is -2.14. The minimum Gasteiger partial charge on any atom is -0.320 e. The van der Waals surface area contributed by atoms with Crippen LogP contribution in [-0.4, -0.2) is 4.98 Å². The minimum atomic E-state index is -0.103. The second kappa shape index (κ2) is 5.14. The number of hydrogen-bond acceptors (Lipinski definition) is 2. The minimum absolute atomic E-state index is 0.103. The molecule has 1 unspecified atom stereocenters. The number of hydrogen-bond donors (Lipinski definition) is 1. The molecule has 1 atom stereocenters. The van der Waals surface area contributed by atoms with Gasteiger partial charge in [-0.3, -0.25) is 4.98 Å². The summed E-state index contributed by atoms with van der Waals surface area (Å²) in [5, 5.41) is 0. The Balaban J connectivity index is 2.44. The Bertz CT molecular complexity index is 537. The highest BCUT2D eigenvalue weighted by Gasteiger charge is 2.13. The normalized spacial score (nSPS) is 12.5. The summed E-state index contributed by atoms with van der Waals surface area (Å²) in [5.74, 6) is 0. The van der Waals surface area contributed by atoms with E-state index < -0.39 is 0 Å². The number of halogens is 1. The van der Waals surface area contributed by atoms with E-state index in [-0.39, 0.29) is 6.04 Å². The number of nitrogens with two attached hydrogens (primary N) is 1. The van der Waals surface area contributed by atoms with Gasteiger partial charge in [-0.05, 0) is 58.7 Å². The highest BCUT2D eigenvalue weighted by Crippen LogP contribution is 2.26. The van der Waals surface area contributed by atoms with Gasteiger partial charge in [-0.15, -0.1) is 0 Å². The summed E-state index contributed by atoms with van der Waals surface area (Å²) in [4.78, 5) is 4.20. The summed E-state index contributed by atoms with van der Waals surface area (Å²) < 4.78 is 1.24. The van der Waals surface area contributed by atoms with Gasteiger partial charge in [0, 0.05) is 16.0 Å². The lowest BCUT2D eigenvalue weighted by molar-refractivity contribution is 0.852. The molecular weight excluding hydrogens is 323 g/mol. The topological polar surface area (TPSA) is 38.9 Å². The molecule has 0 aliphatic carbocycles. The van der Waals surface area contributed by atoms with Gasteiger partial charge in [-0.25, -0.2) is 0 Å². The fraction of sp³-hybridized carbons (Fsp3) is 0.214. The number of benzene rings is 1. The van der Waals surface area contributed by atoms with E-state index in [1.807, 2.05) is 19.3 Å². The van der Waals surface area contributed by atoms with Crippen molar-refractivity contribution in [2.45, 2.75) is 19.9 Å². The number of pyridine rings is 1. The zero-order valence-corrected chi connectivity index (χ0v) is 12.1. The van der Waals surface area contributed by atoms with Gasteiger partial charge >= 0.3 is 0 Å². The van der Waals surface area contributed by atoms with Gasteiger partial charge < -0.3 is 5.73 Å². The highest BCUT2D eigenvalue weighted by atomic mass is 127. The second-order valence-corrected chi connectivity index (χ2v) is 5.33. The largest absolute Gasteiger partial charge is 0.320 e. The zero-order chi connectivity index (χ0) is 12.4. The third kappa shape index (κ3) is 2.66. The predicted molar refractivity (Wildman–Crippen MR) is 78.9 cm³/mol. The summed E-state index contributed by atoms with van der Waals surface area (Å²) in [7, 11) is 0. The lowest BCUT2D eigenvalue weighted by atomic mass is 9.99. The van der Waals surface area contributed by atoms with E-state index in [9.17, 15) is 0 Å². The molecule has 2 nitrogen and oxygen atoms in total. The van der Waals surface area contributed by atoms with Crippen LogP contribution in [0.3, 0.4) is 0 Å². The van der Waals surface area contributed by atoms with Gasteiger partial charge in [0.05, 0.1) is 6.04 Å². The van der Waals surface area contributed by atoms with E-state index in [4.69, 9.17) is 5.73 Å². The Morgan fingerprint density at radius 1 is 1.24 bits per heavy atom. The van der Waals surface area contributed by atoms with Crippen molar-refractivity contribution in [3.63, 3.8) is 0 Å². The first-order valence-corrected chi connectivity index (χ1v) is 6.59. The molecule has 0 saturated carbocycles. The van der Waals surface area contributed by atoms with Crippen molar-refractivity contribution in [2.24, 2.45) is 5.73 Å². The number of nitrogens with zero attached hydrogens (tertiary/aromatic N) is 1. The van der Waals surface area contributed by atoms with Crippen LogP contribution < -0.4 is 5.73 Å². The standard InChI is InChI=1S/C14H15IN2/c1-9-6-11(8-17-7-9)14(16)12-5-3-4-10(2)13(12)15/h3-8,14H,16H2,1-2H3. The molecule has 0 amide bonds. The van der Waals surface area contributed by atoms with Crippen LogP contribution in [0.4, 0.5) is 0 Å². The molecule has 0 spiro atoms. The molecule has 1 aromatic heterocycles. The average molecular weight is 338 g/mol. The van der Waals surface area contributed by atoms with E-state index in [0.29, 0.717) is 0 Å². The van der Waals surface area contributed by atoms with Gasteiger partial charge in [0.25, 0.3) is 0 Å². The van der Waals surface area contributed by atoms with Crippen molar-refractivity contribution in [3.05, 3.63) is 62.5 Å². The molecule has 1 heterocycles. The first-order chi connectivity index (χ1) is 8.09. The maximum absolute atomic E-state index is 6.31. The van der Waals surface area contributed by atoms with Gasteiger partial charge in [0.2, 0.25) is 0 Å². The predicted octanol–water partition coefficient (Wildman–Crippen LogP) is 3.35. The molecular formula is C14H15IN2. The molecule has 2 aromatic rings. The summed E-state index contributed by atoms with van der Waals surface area (Å²) in [5.41, 5.74) is 10.9. The van der Waals surface area contributed by atoms with Crippen molar-refractivity contribution >= 4 is 22.6 Å². The van der Waals surface area contributed by atoms with Crippen LogP contribution in [0.1, 0.15) is 28.3 Å². The van der Waals surface area contributed by atoms with Crippen LogP contribution >= 0.6 is 22.6 Å². The molecule has 0 aliphatic rings. The fourth-order valence-electron chi connectivity index (χ4n) is 1.84. The van der Waals surface area contributed by atoms with E-state index >= 15 is 0 Å². The molecule has 0 bridgehead atoms. The van der Waals surface area contributed by atoms with E-state index in [1.165, 1.54) is 9.13 Å². The first-order valence-electron chi connectivity index (χ1n) is 5.51. The molecule has 17 heavy (non-hydrogen) atoms. The monoisotopic (exact) mass is 338 g/mol. The van der Waals surface area contributed by atoms with Crippen LogP contribution in [-0.2, 0) is 0 Å². The number of rotatable bonds is 2. The van der Waals surface area contributed by atoms with Crippen LogP contribution in [0, 0.1) is 17.4 Å². The number of aromatic nitrogens is 1. The molecule has 0 fully saturated rings. The summed E-state index contributed by atoms with van der Waals surface area (Å²) in [6.07, 6.45) is 3.69. The third-order valence-corrected chi connectivity index (χ3v) is 4.29. The Labute approximate surface area is 115 Å². The quantitative estimate of drug-likeness (QED) is 0.853. The second-order valence-electron chi connectivity index (χ2n) is 4.25. The van der Waals surface area contributed by atoms with Crippen LogP contribution in [0.5, 0.6) is 0 Å². The smallest absolute Gasteiger partial charge is 0.0577 e. The van der Waals surface area contributed by atoms with Gasteiger partial charge in [0.15, 0.2) is 0 Å². The molecule has 3 heteroatoms. The molecule has 2 rings (SSSR count). The molecule has 88 valence electrons. The van der Waals surface area contributed by atoms with E-state index in [1.54, 1.807) is 0 Å². The summed E-state index contributed by atoms with van der Waals surface area (Å²) >= 11 is 2.36. The maximum Gasteiger partial charge on any atom is 0.0577 e. The van der Waals surface area contributed by atoms with Gasteiger partial charge in [-0.2, -0.15) is 0 Å². The van der Waals surface area contributed by atoms with Crippen molar-refractivity contribution in [1.29, 1.82) is 0 Å². The maximum atomic E-state index is 6.31. The highest BCUT2D eigenvalue weighted by molar-refractivity contribution is 14.1. The van der Waals surface area contributed by atoms with Gasteiger partial charge in [-0.1, -0.05) is 24.3 Å². The van der Waals surface area contributed by atoms with Crippen LogP contribution in [0.25, 0.3) is 0 Å². The Hall–Kier alpha value is -0.940. The van der Waals surface area contributed by atoms with Crippen molar-refractivity contribution in [2.75, 3.05) is 0 Å². The van der Waals surface area contributed by atoms with E-state index in [2.05, 4.69) is 58.8 Å². The summed E-state index contributed by atoms with van der Waals surface area (Å²) in [6, 6.07) is 8.23. The Morgan fingerprint density at radius 2 is 2.00 bits per heavy atom. The lowest BCUT2D eigenvalue weighted by Gasteiger charge is -2.15. The van der Waals surface area contributed by atoms with Crippen molar-refractivity contribution < 1.29 is 0 Å². The van der Waals surface area contributed by atoms with Crippen LogP contribution in [0.15, 0.2) is 36.7 Å². The molecule has 1 aromatic carbocycles. The summed E-state index contributed by atoms with van der Waals surface area (Å²) in [6.45, 7) is 4.14. The Morgan fingerprint density at radius 3 is 2.71 bits per heavy atom. The first kappa shape index (κ1) is 12.5. The SMILES string of the molecule is Cc1cncc(C(N)c2cccc(C)c2I)c1. The van der Waals surface area contributed by atoms with Crippen molar-refractivity contribution in [3.8, 4) is 0 Å². The zero-order valence-electron chi connectivity index (χ0n) is 9.94. The molecule has 0 aliphatic heterocycles. The number of aryl methyl sites for hydroxylation is 2. The van der Waals surface area contributed by atoms with Crippen LogP contribution in [0.2, 0.25) is 0 Å². The molecule has 0 radical (unpaired) electrons. The average Bonchev–Trinajstić information content (AvgIpc) is 2.32. The molecule has 0 saturated heterocycles. The third-order valence-electron chi connectivity index (χ3n) is 2.81. The Kier molecular flexibility index (Phi) is 3.79. The fourth-order valence-corrected chi connectivity index (χ4v) is 2.53.